The number of rotatable bonds is 4. The highest BCUT2D eigenvalue weighted by molar-refractivity contribution is 5.20. The molecule has 0 spiro atoms. The summed E-state index contributed by atoms with van der Waals surface area (Å²) >= 11 is 0. The number of aromatic nitrogens is 1. The van der Waals surface area contributed by atoms with Gasteiger partial charge in [0, 0.05) is 24.2 Å². The first-order chi connectivity index (χ1) is 9.76. The van der Waals surface area contributed by atoms with E-state index in [1.54, 1.807) is 6.26 Å². The van der Waals surface area contributed by atoms with Crippen molar-refractivity contribution in [2.24, 2.45) is 0 Å². The highest BCUT2D eigenvalue weighted by Crippen LogP contribution is 2.35. The Balaban J connectivity index is 1.63. The van der Waals surface area contributed by atoms with Gasteiger partial charge in [0.15, 0.2) is 0 Å². The van der Waals surface area contributed by atoms with Crippen molar-refractivity contribution in [1.82, 2.24) is 9.88 Å². The molecule has 3 heterocycles. The van der Waals surface area contributed by atoms with E-state index in [0.717, 1.165) is 12.8 Å². The average molecular weight is 274 g/mol. The van der Waals surface area contributed by atoms with Gasteiger partial charge in [0.25, 0.3) is 0 Å². The number of nitrogens with zero attached hydrogens (tertiary/aromatic N) is 2. The van der Waals surface area contributed by atoms with Gasteiger partial charge in [-0.25, -0.2) is 0 Å². The lowest BCUT2D eigenvalue weighted by Crippen LogP contribution is -2.43. The molecule has 2 aliphatic heterocycles. The van der Waals surface area contributed by atoms with Gasteiger partial charge < -0.3 is 14.4 Å². The standard InChI is InChI=1S/C16H22N2O2/c1-3-9-19-15-5-4-6-16(17-15)20-14-10-12-7-8-13(11-14)18(12)2/h3-6,9,12-14H,7-8,10-11H2,1-2H3/b9-3-. The summed E-state index contributed by atoms with van der Waals surface area (Å²) in [5.41, 5.74) is 0. The van der Waals surface area contributed by atoms with Crippen LogP contribution in [0.4, 0.5) is 0 Å². The summed E-state index contributed by atoms with van der Waals surface area (Å²) in [6.45, 7) is 1.91. The highest BCUT2D eigenvalue weighted by atomic mass is 16.5. The molecule has 4 nitrogen and oxygen atoms in total. The van der Waals surface area contributed by atoms with Gasteiger partial charge in [-0.3, -0.25) is 0 Å². The second kappa shape index (κ2) is 5.83. The van der Waals surface area contributed by atoms with Crippen molar-refractivity contribution in [2.45, 2.75) is 50.8 Å². The Labute approximate surface area is 120 Å². The number of hydrogen-bond acceptors (Lipinski definition) is 4. The quantitative estimate of drug-likeness (QED) is 0.791. The van der Waals surface area contributed by atoms with Crippen molar-refractivity contribution in [1.29, 1.82) is 0 Å². The molecule has 2 unspecified atom stereocenters. The minimum Gasteiger partial charge on any atom is -0.474 e. The first-order valence-electron chi connectivity index (χ1n) is 7.39. The summed E-state index contributed by atoms with van der Waals surface area (Å²) in [6.07, 6.45) is 8.57. The Morgan fingerprint density at radius 2 is 1.90 bits per heavy atom. The zero-order chi connectivity index (χ0) is 13.9. The number of hydrogen-bond donors (Lipinski definition) is 0. The van der Waals surface area contributed by atoms with E-state index >= 15 is 0 Å². The van der Waals surface area contributed by atoms with Crippen molar-refractivity contribution in [2.75, 3.05) is 7.05 Å². The van der Waals surface area contributed by atoms with Gasteiger partial charge in [0.05, 0.1) is 6.26 Å². The maximum absolute atomic E-state index is 6.06. The summed E-state index contributed by atoms with van der Waals surface area (Å²) in [6, 6.07) is 7.03. The van der Waals surface area contributed by atoms with E-state index in [1.165, 1.54) is 12.8 Å². The number of pyridine rings is 1. The van der Waals surface area contributed by atoms with Crippen LogP contribution >= 0.6 is 0 Å². The molecule has 0 aliphatic carbocycles. The van der Waals surface area contributed by atoms with E-state index in [9.17, 15) is 0 Å². The van der Waals surface area contributed by atoms with Crippen LogP contribution in [-0.2, 0) is 0 Å². The fourth-order valence-electron chi connectivity index (χ4n) is 3.29. The molecule has 2 fully saturated rings. The largest absolute Gasteiger partial charge is 0.474 e. The molecule has 2 atom stereocenters. The minimum absolute atomic E-state index is 0.285. The van der Waals surface area contributed by atoms with Crippen LogP contribution < -0.4 is 9.47 Å². The summed E-state index contributed by atoms with van der Waals surface area (Å²) in [4.78, 5) is 6.90. The molecule has 3 rings (SSSR count). The predicted octanol–water partition coefficient (Wildman–Crippen LogP) is 3.00. The molecule has 2 bridgehead atoms. The Morgan fingerprint density at radius 1 is 1.20 bits per heavy atom. The summed E-state index contributed by atoms with van der Waals surface area (Å²) < 4.78 is 11.4. The van der Waals surface area contributed by atoms with Crippen LogP contribution in [0.15, 0.2) is 30.5 Å². The smallest absolute Gasteiger partial charge is 0.221 e. The second-order valence-electron chi connectivity index (χ2n) is 5.66. The molecule has 0 N–H and O–H groups in total. The molecule has 0 amide bonds. The Bertz CT molecular complexity index is 475. The van der Waals surface area contributed by atoms with Crippen LogP contribution in [0.5, 0.6) is 11.8 Å². The van der Waals surface area contributed by atoms with E-state index in [4.69, 9.17) is 9.47 Å². The Morgan fingerprint density at radius 3 is 2.60 bits per heavy atom. The zero-order valence-corrected chi connectivity index (χ0v) is 12.2. The van der Waals surface area contributed by atoms with Crippen LogP contribution in [0.2, 0.25) is 0 Å². The first-order valence-corrected chi connectivity index (χ1v) is 7.39. The van der Waals surface area contributed by atoms with Gasteiger partial charge in [-0.15, -0.1) is 0 Å². The van der Waals surface area contributed by atoms with E-state index < -0.39 is 0 Å². The third-order valence-electron chi connectivity index (χ3n) is 4.37. The second-order valence-corrected chi connectivity index (χ2v) is 5.66. The van der Waals surface area contributed by atoms with Crippen molar-refractivity contribution < 1.29 is 9.47 Å². The molecular weight excluding hydrogens is 252 g/mol. The van der Waals surface area contributed by atoms with Crippen LogP contribution in [0.3, 0.4) is 0 Å². The van der Waals surface area contributed by atoms with Crippen molar-refractivity contribution in [3.8, 4) is 11.8 Å². The van der Waals surface area contributed by atoms with Gasteiger partial charge in [0.2, 0.25) is 11.8 Å². The molecule has 4 heteroatoms. The average Bonchev–Trinajstić information content (AvgIpc) is 2.67. The monoisotopic (exact) mass is 274 g/mol. The summed E-state index contributed by atoms with van der Waals surface area (Å²) in [5, 5.41) is 0. The van der Waals surface area contributed by atoms with Gasteiger partial charge >= 0.3 is 0 Å². The topological polar surface area (TPSA) is 34.6 Å². The highest BCUT2D eigenvalue weighted by Gasteiger charge is 2.39. The molecule has 1 aromatic rings. The lowest BCUT2D eigenvalue weighted by Gasteiger charge is -2.36. The molecule has 2 aliphatic rings. The Kier molecular flexibility index (Phi) is 3.92. The molecule has 0 radical (unpaired) electrons. The van der Waals surface area contributed by atoms with Crippen LogP contribution in [0.1, 0.15) is 32.6 Å². The maximum atomic E-state index is 6.06. The van der Waals surface area contributed by atoms with Gasteiger partial charge in [-0.2, -0.15) is 4.98 Å². The number of allylic oxidation sites excluding steroid dienone is 1. The normalized spacial score (nSPS) is 29.8. The SMILES string of the molecule is C/C=C\Oc1cccc(OC2CC3CCC(C2)N3C)n1. The summed E-state index contributed by atoms with van der Waals surface area (Å²) in [7, 11) is 2.24. The van der Waals surface area contributed by atoms with Gasteiger partial charge in [-0.05, 0) is 39.7 Å². The fraction of sp³-hybridized carbons (Fsp3) is 0.562. The first kappa shape index (κ1) is 13.4. The van der Waals surface area contributed by atoms with Crippen LogP contribution in [0.25, 0.3) is 0 Å². The van der Waals surface area contributed by atoms with Crippen molar-refractivity contribution in [3.63, 3.8) is 0 Å². The molecule has 0 aromatic carbocycles. The number of piperidine rings is 1. The molecular formula is C16H22N2O2. The fourth-order valence-corrected chi connectivity index (χ4v) is 3.29. The molecule has 108 valence electrons. The molecule has 20 heavy (non-hydrogen) atoms. The van der Waals surface area contributed by atoms with E-state index in [1.807, 2.05) is 31.2 Å². The predicted molar refractivity (Wildman–Crippen MR) is 77.9 cm³/mol. The molecule has 1 aromatic heterocycles. The van der Waals surface area contributed by atoms with Crippen LogP contribution in [-0.4, -0.2) is 35.1 Å². The zero-order valence-electron chi connectivity index (χ0n) is 12.2. The maximum Gasteiger partial charge on any atom is 0.221 e. The van der Waals surface area contributed by atoms with Crippen LogP contribution in [0, 0.1) is 0 Å². The van der Waals surface area contributed by atoms with Gasteiger partial charge in [-0.1, -0.05) is 12.1 Å². The number of ether oxygens (including phenoxy) is 2. The van der Waals surface area contributed by atoms with Crippen molar-refractivity contribution >= 4 is 0 Å². The number of fused-ring (bicyclic) bond motifs is 2. The van der Waals surface area contributed by atoms with E-state index in [2.05, 4.69) is 16.9 Å². The summed E-state index contributed by atoms with van der Waals surface area (Å²) in [5.74, 6) is 1.25. The lowest BCUT2D eigenvalue weighted by molar-refractivity contribution is 0.0630. The minimum atomic E-state index is 0.285. The third-order valence-corrected chi connectivity index (χ3v) is 4.37. The molecule has 0 saturated carbocycles. The Hall–Kier alpha value is -1.55. The van der Waals surface area contributed by atoms with Crippen molar-refractivity contribution in [3.05, 3.63) is 30.5 Å². The van der Waals surface area contributed by atoms with E-state index in [-0.39, 0.29) is 6.10 Å². The molecule has 2 saturated heterocycles. The van der Waals surface area contributed by atoms with Gasteiger partial charge in [0.1, 0.15) is 6.10 Å². The third kappa shape index (κ3) is 2.80. The van der Waals surface area contributed by atoms with E-state index in [0.29, 0.717) is 23.8 Å². The lowest BCUT2D eigenvalue weighted by atomic mass is 10.0.